The number of phenols is 1. The molecule has 31 heavy (non-hydrogen) atoms. The number of nitro benzene ring substituents is 1. The second-order valence-electron chi connectivity index (χ2n) is 7.10. The summed E-state index contributed by atoms with van der Waals surface area (Å²) in [6.45, 7) is 3.94. The van der Waals surface area contributed by atoms with Crippen molar-refractivity contribution in [2.24, 2.45) is 4.99 Å². The molecule has 0 unspecified atom stereocenters. The number of oxazole rings is 1. The number of rotatable bonds is 5. The number of para-hydroxylation sites is 1. The average Bonchev–Trinajstić information content (AvgIpc) is 3.16. The fourth-order valence-corrected chi connectivity index (χ4v) is 3.34. The van der Waals surface area contributed by atoms with Crippen LogP contribution in [-0.2, 0) is 0 Å². The largest absolute Gasteiger partial charge is 0.507 e. The zero-order chi connectivity index (χ0) is 22.0. The number of phenolic OH excluding ortho intramolecular Hbond substituents is 1. The summed E-state index contributed by atoms with van der Waals surface area (Å²) in [5.41, 5.74) is 5.00. The van der Waals surface area contributed by atoms with Crippen LogP contribution in [0.3, 0.4) is 0 Å². The molecule has 4 rings (SSSR count). The van der Waals surface area contributed by atoms with E-state index < -0.39 is 4.92 Å². The maximum Gasteiger partial charge on any atom is 0.276 e. The summed E-state index contributed by atoms with van der Waals surface area (Å²) in [5, 5.41) is 21.4. The molecule has 7 heteroatoms. The molecule has 0 atom stereocenters. The van der Waals surface area contributed by atoms with E-state index >= 15 is 0 Å². The van der Waals surface area contributed by atoms with Crippen LogP contribution >= 0.6 is 0 Å². The van der Waals surface area contributed by atoms with Crippen molar-refractivity contribution in [2.45, 2.75) is 13.8 Å². The third-order valence-corrected chi connectivity index (χ3v) is 4.75. The molecular weight excluding hydrogens is 394 g/mol. The van der Waals surface area contributed by atoms with Crippen molar-refractivity contribution >= 4 is 34.8 Å². The lowest BCUT2D eigenvalue weighted by Gasteiger charge is -2.01. The number of aromatic nitrogens is 1. The van der Waals surface area contributed by atoms with Crippen molar-refractivity contribution in [2.75, 3.05) is 0 Å². The highest BCUT2D eigenvalue weighted by atomic mass is 16.6. The molecular formula is C24H19N3O4. The van der Waals surface area contributed by atoms with E-state index in [9.17, 15) is 15.2 Å². The van der Waals surface area contributed by atoms with Gasteiger partial charge >= 0.3 is 0 Å². The van der Waals surface area contributed by atoms with Crippen LogP contribution in [0, 0.1) is 24.0 Å². The van der Waals surface area contributed by atoms with Crippen LogP contribution in [0.25, 0.3) is 28.6 Å². The number of benzene rings is 3. The van der Waals surface area contributed by atoms with Gasteiger partial charge in [-0.15, -0.1) is 0 Å². The summed E-state index contributed by atoms with van der Waals surface area (Å²) in [5.74, 6) is 0.351. The summed E-state index contributed by atoms with van der Waals surface area (Å²) in [6.07, 6.45) is 4.78. The molecule has 3 aromatic carbocycles. The monoisotopic (exact) mass is 413 g/mol. The van der Waals surface area contributed by atoms with Gasteiger partial charge in [0.15, 0.2) is 5.58 Å². The van der Waals surface area contributed by atoms with Gasteiger partial charge in [0.2, 0.25) is 5.89 Å². The highest BCUT2D eigenvalue weighted by Crippen LogP contribution is 2.35. The molecule has 0 aliphatic rings. The van der Waals surface area contributed by atoms with Crippen molar-refractivity contribution < 1.29 is 14.4 Å². The predicted molar refractivity (Wildman–Crippen MR) is 121 cm³/mol. The Hall–Kier alpha value is -4.26. The van der Waals surface area contributed by atoms with Crippen molar-refractivity contribution in [3.05, 3.63) is 87.5 Å². The molecule has 0 spiro atoms. The SMILES string of the molecule is Cc1cc(C)c2oc(-c3cc(N=CC=Cc4ccccc4[N+](=O)[O-])ccc3O)nc2c1. The normalized spacial score (nSPS) is 11.7. The van der Waals surface area contributed by atoms with Gasteiger partial charge in [0.1, 0.15) is 11.3 Å². The summed E-state index contributed by atoms with van der Waals surface area (Å²) in [7, 11) is 0. The number of nitrogens with zero attached hydrogens (tertiary/aromatic N) is 3. The highest BCUT2D eigenvalue weighted by molar-refractivity contribution is 5.84. The van der Waals surface area contributed by atoms with Gasteiger partial charge in [0.25, 0.3) is 5.69 Å². The first-order valence-electron chi connectivity index (χ1n) is 9.58. The lowest BCUT2D eigenvalue weighted by molar-refractivity contribution is -0.385. The Bertz CT molecular complexity index is 1350. The second kappa shape index (κ2) is 8.23. The van der Waals surface area contributed by atoms with Crippen molar-refractivity contribution in [3.63, 3.8) is 0 Å². The minimum Gasteiger partial charge on any atom is -0.507 e. The second-order valence-corrected chi connectivity index (χ2v) is 7.10. The first-order valence-corrected chi connectivity index (χ1v) is 9.58. The Morgan fingerprint density at radius 1 is 1.13 bits per heavy atom. The Morgan fingerprint density at radius 3 is 2.74 bits per heavy atom. The van der Waals surface area contributed by atoms with Crippen molar-refractivity contribution in [3.8, 4) is 17.2 Å². The molecule has 7 nitrogen and oxygen atoms in total. The fourth-order valence-electron chi connectivity index (χ4n) is 3.34. The van der Waals surface area contributed by atoms with Crippen molar-refractivity contribution in [1.82, 2.24) is 4.98 Å². The Labute approximate surface area is 178 Å². The standard InChI is InChI=1S/C24H19N3O4/c1-15-12-16(2)23-20(13-15)26-24(31-23)19-14-18(9-10-22(19)28)25-11-5-7-17-6-3-4-8-21(17)27(29)30/h3-14,28H,1-2H3. The Balaban J connectivity index is 1.62. The minimum atomic E-state index is -0.424. The summed E-state index contributed by atoms with van der Waals surface area (Å²) in [4.78, 5) is 19.5. The lowest BCUT2D eigenvalue weighted by atomic mass is 10.1. The smallest absolute Gasteiger partial charge is 0.276 e. The van der Waals surface area contributed by atoms with Gasteiger partial charge < -0.3 is 9.52 Å². The van der Waals surface area contributed by atoms with E-state index in [1.54, 1.807) is 42.5 Å². The third-order valence-electron chi connectivity index (χ3n) is 4.75. The summed E-state index contributed by atoms with van der Waals surface area (Å²) < 4.78 is 5.89. The zero-order valence-electron chi connectivity index (χ0n) is 16.9. The Morgan fingerprint density at radius 2 is 1.94 bits per heavy atom. The molecule has 0 radical (unpaired) electrons. The molecule has 0 saturated carbocycles. The van der Waals surface area contributed by atoms with Gasteiger partial charge in [0.05, 0.1) is 21.7 Å². The predicted octanol–water partition coefficient (Wildman–Crippen LogP) is 6.14. The van der Waals surface area contributed by atoms with E-state index in [1.807, 2.05) is 26.0 Å². The number of hydrogen-bond acceptors (Lipinski definition) is 6. The third kappa shape index (κ3) is 4.20. The van der Waals surface area contributed by atoms with Crippen LogP contribution < -0.4 is 0 Å². The number of hydrogen-bond donors (Lipinski definition) is 1. The quantitative estimate of drug-likeness (QED) is 0.240. The van der Waals surface area contributed by atoms with Crippen LogP contribution in [0.2, 0.25) is 0 Å². The van der Waals surface area contributed by atoms with E-state index in [1.165, 1.54) is 18.3 Å². The molecule has 0 saturated heterocycles. The molecule has 154 valence electrons. The molecule has 0 aliphatic heterocycles. The molecule has 1 N–H and O–H groups in total. The molecule has 0 aliphatic carbocycles. The highest BCUT2D eigenvalue weighted by Gasteiger charge is 2.14. The average molecular weight is 413 g/mol. The van der Waals surface area contributed by atoms with E-state index in [4.69, 9.17) is 4.42 Å². The molecule has 4 aromatic rings. The lowest BCUT2D eigenvalue weighted by Crippen LogP contribution is -1.90. The number of fused-ring (bicyclic) bond motifs is 1. The first-order chi connectivity index (χ1) is 14.9. The van der Waals surface area contributed by atoms with Crippen molar-refractivity contribution in [1.29, 1.82) is 0 Å². The zero-order valence-corrected chi connectivity index (χ0v) is 16.9. The first kappa shape index (κ1) is 20.0. The molecule has 1 aromatic heterocycles. The molecule has 0 bridgehead atoms. The topological polar surface area (TPSA) is 102 Å². The molecule has 0 fully saturated rings. The van der Waals surface area contributed by atoms with Crippen LogP contribution in [0.1, 0.15) is 16.7 Å². The van der Waals surface area contributed by atoms with Crippen LogP contribution in [-0.4, -0.2) is 21.2 Å². The number of allylic oxidation sites excluding steroid dienone is 1. The summed E-state index contributed by atoms with van der Waals surface area (Å²) >= 11 is 0. The molecule has 1 heterocycles. The van der Waals surface area contributed by atoms with E-state index in [-0.39, 0.29) is 11.4 Å². The van der Waals surface area contributed by atoms with Crippen LogP contribution in [0.5, 0.6) is 5.75 Å². The maximum atomic E-state index is 11.1. The van der Waals surface area contributed by atoms with E-state index in [0.29, 0.717) is 28.3 Å². The Kier molecular flexibility index (Phi) is 5.32. The minimum absolute atomic E-state index is 0.0283. The van der Waals surface area contributed by atoms with Crippen LogP contribution in [0.4, 0.5) is 11.4 Å². The maximum absolute atomic E-state index is 11.1. The number of aliphatic imine (C=N–C) groups is 1. The number of aryl methyl sites for hydroxylation is 2. The molecule has 0 amide bonds. The van der Waals surface area contributed by atoms with Gasteiger partial charge in [-0.2, -0.15) is 0 Å². The van der Waals surface area contributed by atoms with Gasteiger partial charge in [-0.3, -0.25) is 15.1 Å². The number of nitro groups is 1. The summed E-state index contributed by atoms with van der Waals surface area (Å²) in [6, 6.07) is 15.3. The van der Waals surface area contributed by atoms with Gasteiger partial charge in [0, 0.05) is 12.3 Å². The van der Waals surface area contributed by atoms with E-state index in [2.05, 4.69) is 9.98 Å². The van der Waals surface area contributed by atoms with E-state index in [0.717, 1.165) is 16.6 Å². The van der Waals surface area contributed by atoms with Gasteiger partial charge in [-0.1, -0.05) is 18.2 Å². The van der Waals surface area contributed by atoms with Gasteiger partial charge in [-0.25, -0.2) is 4.98 Å². The van der Waals surface area contributed by atoms with Crippen LogP contribution in [0.15, 0.2) is 70.1 Å². The number of aromatic hydroxyl groups is 1. The van der Waals surface area contributed by atoms with Gasteiger partial charge in [-0.05, 0) is 67.5 Å². The fraction of sp³-hybridized carbons (Fsp3) is 0.0833.